The number of benzene rings is 1. The molecule has 2 aliphatic rings. The number of carbonyl (C=O) groups is 1. The van der Waals surface area contributed by atoms with Crippen LogP contribution < -0.4 is 0 Å². The fourth-order valence-corrected chi connectivity index (χ4v) is 4.53. The van der Waals surface area contributed by atoms with Crippen LogP contribution in [0.5, 0.6) is 5.75 Å². The molecule has 7 heteroatoms. The molecule has 1 aromatic heterocycles. The van der Waals surface area contributed by atoms with Crippen LogP contribution in [0.1, 0.15) is 30.0 Å². The van der Waals surface area contributed by atoms with E-state index in [0.29, 0.717) is 30.9 Å². The summed E-state index contributed by atoms with van der Waals surface area (Å²) in [7, 11) is 3.57. The zero-order chi connectivity index (χ0) is 20.7. The predicted octanol–water partition coefficient (Wildman–Crippen LogP) is 2.37. The molecule has 3 atom stereocenters. The summed E-state index contributed by atoms with van der Waals surface area (Å²) in [6, 6.07) is 4.69. The lowest BCUT2D eigenvalue weighted by atomic mass is 10.0. The Labute approximate surface area is 171 Å². The molecular weight excluding hydrogens is 368 g/mol. The molecule has 3 heterocycles. The summed E-state index contributed by atoms with van der Waals surface area (Å²) < 4.78 is 8.25. The fraction of sp³-hybridized carbons (Fsp3) is 0.545. The second kappa shape index (κ2) is 7.80. The van der Waals surface area contributed by atoms with Crippen molar-refractivity contribution in [2.45, 2.75) is 44.9 Å². The average molecular weight is 399 g/mol. The van der Waals surface area contributed by atoms with Crippen LogP contribution in [0.2, 0.25) is 0 Å². The van der Waals surface area contributed by atoms with Crippen LogP contribution in [-0.4, -0.2) is 76.3 Å². The van der Waals surface area contributed by atoms with Crippen LogP contribution in [0, 0.1) is 13.8 Å². The number of nitrogens with zero attached hydrogens (tertiary/aromatic N) is 4. The van der Waals surface area contributed by atoms with Gasteiger partial charge in [0.2, 0.25) is 5.91 Å². The van der Waals surface area contributed by atoms with Gasteiger partial charge < -0.3 is 19.3 Å². The number of phenols is 1. The van der Waals surface area contributed by atoms with Gasteiger partial charge in [-0.15, -0.1) is 0 Å². The van der Waals surface area contributed by atoms with Gasteiger partial charge in [-0.3, -0.25) is 9.69 Å². The Morgan fingerprint density at radius 2 is 1.97 bits per heavy atom. The molecule has 4 rings (SSSR count). The maximum absolute atomic E-state index is 12.0. The highest BCUT2D eigenvalue weighted by Crippen LogP contribution is 2.35. The van der Waals surface area contributed by atoms with Crippen molar-refractivity contribution in [2.24, 2.45) is 0 Å². The molecule has 0 bridgehead atoms. The van der Waals surface area contributed by atoms with E-state index in [4.69, 9.17) is 4.74 Å². The monoisotopic (exact) mass is 398 g/mol. The number of rotatable bonds is 4. The third-order valence-corrected chi connectivity index (χ3v) is 6.18. The summed E-state index contributed by atoms with van der Waals surface area (Å²) in [5.74, 6) is 1.39. The maximum atomic E-state index is 12.0. The molecule has 2 aromatic rings. The molecule has 7 nitrogen and oxygen atoms in total. The van der Waals surface area contributed by atoms with Crippen molar-refractivity contribution in [1.29, 1.82) is 0 Å². The van der Waals surface area contributed by atoms with Gasteiger partial charge in [-0.25, -0.2) is 4.98 Å². The molecule has 156 valence electrons. The lowest BCUT2D eigenvalue weighted by Crippen LogP contribution is -2.47. The molecule has 0 aliphatic carbocycles. The first-order valence-corrected chi connectivity index (χ1v) is 10.2. The van der Waals surface area contributed by atoms with E-state index < -0.39 is 0 Å². The maximum Gasteiger partial charge on any atom is 0.224 e. The molecule has 1 amide bonds. The molecule has 1 N–H and O–H groups in total. The highest BCUT2D eigenvalue weighted by atomic mass is 16.5. The first-order valence-electron chi connectivity index (χ1n) is 10.2. The van der Waals surface area contributed by atoms with E-state index in [9.17, 15) is 9.90 Å². The first kappa shape index (κ1) is 19.9. The standard InChI is InChI=1S/C22H30N4O3/c1-14-7-16(8-15(2)21(14)28)22-23-5-6-26(22)17-9-18-13-29-19(12-25(18)11-17)10-20(27)24(3)4/h5-8,17-19,28H,9-13H2,1-4H3/t17-,18+,19+/m1/s1. The van der Waals surface area contributed by atoms with Crippen molar-refractivity contribution in [3.63, 3.8) is 0 Å². The summed E-state index contributed by atoms with van der Waals surface area (Å²) >= 11 is 0. The largest absolute Gasteiger partial charge is 0.507 e. The highest BCUT2D eigenvalue weighted by Gasteiger charge is 2.39. The number of amides is 1. The molecular formula is C22H30N4O3. The van der Waals surface area contributed by atoms with Crippen molar-refractivity contribution in [1.82, 2.24) is 19.4 Å². The Morgan fingerprint density at radius 3 is 2.66 bits per heavy atom. The number of imidazole rings is 1. The van der Waals surface area contributed by atoms with Gasteiger partial charge in [0.05, 0.1) is 19.1 Å². The Balaban J connectivity index is 1.50. The highest BCUT2D eigenvalue weighted by molar-refractivity contribution is 5.76. The fourth-order valence-electron chi connectivity index (χ4n) is 4.53. The lowest BCUT2D eigenvalue weighted by molar-refractivity contribution is -0.134. The van der Waals surface area contributed by atoms with Gasteiger partial charge >= 0.3 is 0 Å². The molecule has 0 radical (unpaired) electrons. The Bertz CT molecular complexity index is 884. The van der Waals surface area contributed by atoms with Gasteiger partial charge in [-0.05, 0) is 43.5 Å². The van der Waals surface area contributed by atoms with Gasteiger partial charge in [0.1, 0.15) is 11.6 Å². The number of carbonyl (C=O) groups excluding carboxylic acids is 1. The van der Waals surface area contributed by atoms with Crippen molar-refractivity contribution in [2.75, 3.05) is 33.8 Å². The second-order valence-corrected chi connectivity index (χ2v) is 8.56. The number of morpholine rings is 1. The van der Waals surface area contributed by atoms with Gasteiger partial charge in [-0.2, -0.15) is 0 Å². The Kier molecular flexibility index (Phi) is 5.36. The summed E-state index contributed by atoms with van der Waals surface area (Å²) in [4.78, 5) is 20.7. The van der Waals surface area contributed by atoms with Gasteiger partial charge in [0.25, 0.3) is 0 Å². The van der Waals surface area contributed by atoms with Crippen LogP contribution >= 0.6 is 0 Å². The Hall–Kier alpha value is -2.38. The van der Waals surface area contributed by atoms with Crippen molar-refractivity contribution >= 4 is 5.91 Å². The number of aromatic nitrogens is 2. The molecule has 1 aromatic carbocycles. The van der Waals surface area contributed by atoms with E-state index in [2.05, 4.69) is 14.5 Å². The lowest BCUT2D eigenvalue weighted by Gasteiger charge is -2.35. The van der Waals surface area contributed by atoms with E-state index in [1.54, 1.807) is 19.0 Å². The molecule has 2 saturated heterocycles. The molecule has 2 aliphatic heterocycles. The number of aromatic hydroxyl groups is 1. The van der Waals surface area contributed by atoms with E-state index in [1.807, 2.05) is 38.4 Å². The summed E-state index contributed by atoms with van der Waals surface area (Å²) in [6.07, 6.45) is 5.30. The topological polar surface area (TPSA) is 70.8 Å². The van der Waals surface area contributed by atoms with Gasteiger partial charge in [0.15, 0.2) is 0 Å². The predicted molar refractivity (Wildman–Crippen MR) is 111 cm³/mol. The van der Waals surface area contributed by atoms with E-state index in [-0.39, 0.29) is 12.0 Å². The number of phenolic OH excluding ortho intramolecular Hbond substituents is 1. The third-order valence-electron chi connectivity index (χ3n) is 6.18. The van der Waals surface area contributed by atoms with Crippen LogP contribution in [0.4, 0.5) is 0 Å². The van der Waals surface area contributed by atoms with Gasteiger partial charge in [-0.1, -0.05) is 0 Å². The zero-order valence-electron chi connectivity index (χ0n) is 17.6. The normalized spacial score (nSPS) is 24.5. The third kappa shape index (κ3) is 3.89. The molecule has 29 heavy (non-hydrogen) atoms. The van der Waals surface area contributed by atoms with Crippen molar-refractivity contribution in [3.05, 3.63) is 35.7 Å². The SMILES string of the molecule is Cc1cc(-c2nccn2[C@@H]2C[C@H]3CO[C@@H](CC(=O)N(C)C)CN3C2)cc(C)c1O. The minimum atomic E-state index is -0.0374. The smallest absolute Gasteiger partial charge is 0.224 e. The van der Waals surface area contributed by atoms with Gasteiger partial charge in [0, 0.05) is 57.2 Å². The number of hydrogen-bond acceptors (Lipinski definition) is 5. The zero-order valence-corrected chi connectivity index (χ0v) is 17.6. The van der Waals surface area contributed by atoms with Crippen LogP contribution in [0.25, 0.3) is 11.4 Å². The van der Waals surface area contributed by atoms with Crippen LogP contribution in [0.3, 0.4) is 0 Å². The number of aryl methyl sites for hydroxylation is 2. The van der Waals surface area contributed by atoms with Crippen LogP contribution in [0.15, 0.2) is 24.5 Å². The molecule has 0 spiro atoms. The quantitative estimate of drug-likeness (QED) is 0.856. The minimum absolute atomic E-state index is 0.0374. The number of ether oxygens (including phenoxy) is 1. The Morgan fingerprint density at radius 1 is 1.24 bits per heavy atom. The summed E-state index contributed by atoms with van der Waals surface area (Å²) in [6.45, 7) is 6.23. The minimum Gasteiger partial charge on any atom is -0.507 e. The molecule has 2 fully saturated rings. The number of hydrogen-bond donors (Lipinski definition) is 1. The molecule has 0 unspecified atom stereocenters. The van der Waals surface area contributed by atoms with Crippen molar-refractivity contribution in [3.8, 4) is 17.1 Å². The first-order chi connectivity index (χ1) is 13.8. The van der Waals surface area contributed by atoms with Crippen molar-refractivity contribution < 1.29 is 14.6 Å². The van der Waals surface area contributed by atoms with E-state index in [1.165, 1.54) is 0 Å². The number of fused-ring (bicyclic) bond motifs is 1. The van der Waals surface area contributed by atoms with Crippen LogP contribution in [-0.2, 0) is 9.53 Å². The molecule has 0 saturated carbocycles. The second-order valence-electron chi connectivity index (χ2n) is 8.56. The average Bonchev–Trinajstić information content (AvgIpc) is 3.31. The van der Waals surface area contributed by atoms with E-state index in [0.717, 1.165) is 42.0 Å². The summed E-state index contributed by atoms with van der Waals surface area (Å²) in [5.41, 5.74) is 2.75. The summed E-state index contributed by atoms with van der Waals surface area (Å²) in [5, 5.41) is 10.1. The van der Waals surface area contributed by atoms with E-state index >= 15 is 0 Å².